The Bertz CT molecular complexity index is 932. The number of nitrogens with one attached hydrogen (secondary N) is 1. The van der Waals surface area contributed by atoms with Crippen molar-refractivity contribution in [2.24, 2.45) is 11.8 Å². The van der Waals surface area contributed by atoms with Crippen LogP contribution in [0.5, 0.6) is 0 Å². The van der Waals surface area contributed by atoms with Crippen molar-refractivity contribution in [3.05, 3.63) is 65.2 Å². The molecule has 148 valence electrons. The van der Waals surface area contributed by atoms with Crippen LogP contribution < -0.4 is 16.2 Å². The topological polar surface area (TPSA) is 75.4 Å². The zero-order valence-corrected chi connectivity index (χ0v) is 14.1. The lowest BCUT2D eigenvalue weighted by atomic mass is 9.87. The third kappa shape index (κ3) is 3.55. The van der Waals surface area contributed by atoms with Crippen molar-refractivity contribution in [3.8, 4) is 0 Å². The van der Waals surface area contributed by atoms with Crippen LogP contribution in [0.15, 0.2) is 42.5 Å². The van der Waals surface area contributed by atoms with Crippen molar-refractivity contribution in [2.45, 2.75) is 12.1 Å². The average Bonchev–Trinajstić information content (AvgIpc) is 3.03. The summed E-state index contributed by atoms with van der Waals surface area (Å²) in [4.78, 5) is 24.9. The highest BCUT2D eigenvalue weighted by Crippen LogP contribution is 2.35. The van der Waals surface area contributed by atoms with Crippen molar-refractivity contribution in [2.75, 3.05) is 11.6 Å². The summed E-state index contributed by atoms with van der Waals surface area (Å²) in [5, 5.41) is 2.70. The number of rotatable bonds is 3. The number of halogens is 5. The molecule has 2 unspecified atom stereocenters. The van der Waals surface area contributed by atoms with Gasteiger partial charge in [-0.05, 0) is 23.8 Å². The van der Waals surface area contributed by atoms with Crippen LogP contribution in [-0.4, -0.2) is 18.4 Å². The second-order valence-corrected chi connectivity index (χ2v) is 6.23. The lowest BCUT2D eigenvalue weighted by molar-refractivity contribution is -0.137. The highest BCUT2D eigenvalue weighted by atomic mass is 19.4. The molecule has 0 aliphatic carbocycles. The van der Waals surface area contributed by atoms with E-state index in [0.717, 1.165) is 36.4 Å². The van der Waals surface area contributed by atoms with E-state index >= 15 is 0 Å². The number of carbonyl (C=O) groups excluding carboxylic acids is 2. The van der Waals surface area contributed by atoms with E-state index in [9.17, 15) is 31.5 Å². The largest absolute Gasteiger partial charge is 0.416 e. The highest BCUT2D eigenvalue weighted by Gasteiger charge is 2.44. The van der Waals surface area contributed by atoms with Gasteiger partial charge in [-0.25, -0.2) is 19.6 Å². The summed E-state index contributed by atoms with van der Waals surface area (Å²) in [6, 6.07) is 7.21. The van der Waals surface area contributed by atoms with Gasteiger partial charge < -0.3 is 5.32 Å². The lowest BCUT2D eigenvalue weighted by Crippen LogP contribution is -2.45. The fourth-order valence-corrected chi connectivity index (χ4v) is 3.11. The molecule has 10 heteroatoms. The Morgan fingerprint density at radius 1 is 1.14 bits per heavy atom. The zero-order valence-electron chi connectivity index (χ0n) is 14.1. The van der Waals surface area contributed by atoms with E-state index in [4.69, 9.17) is 5.84 Å². The Morgan fingerprint density at radius 2 is 1.82 bits per heavy atom. The molecule has 2 aromatic rings. The number of alkyl halides is 3. The molecule has 1 saturated heterocycles. The molecule has 0 bridgehead atoms. The predicted octanol–water partition coefficient (Wildman–Crippen LogP) is 2.72. The molecule has 28 heavy (non-hydrogen) atoms. The van der Waals surface area contributed by atoms with Crippen molar-refractivity contribution < 1.29 is 31.5 Å². The van der Waals surface area contributed by atoms with Crippen molar-refractivity contribution >= 4 is 17.5 Å². The molecule has 5 nitrogen and oxygen atoms in total. The van der Waals surface area contributed by atoms with Crippen LogP contribution in [0.4, 0.5) is 27.6 Å². The minimum absolute atomic E-state index is 0.0969. The van der Waals surface area contributed by atoms with Gasteiger partial charge in [0.05, 0.1) is 11.3 Å². The number of nitrogens with two attached hydrogens (primary N) is 1. The summed E-state index contributed by atoms with van der Waals surface area (Å²) in [6.07, 6.45) is -4.60. The number of benzene rings is 2. The van der Waals surface area contributed by atoms with E-state index in [1.54, 1.807) is 0 Å². The minimum atomic E-state index is -4.60. The Balaban J connectivity index is 1.94. The molecule has 3 rings (SSSR count). The van der Waals surface area contributed by atoms with Crippen LogP contribution in [0.25, 0.3) is 0 Å². The predicted molar refractivity (Wildman–Crippen MR) is 88.7 cm³/mol. The normalized spacial score (nSPS) is 19.4. The maximum absolute atomic E-state index is 13.9. The molecule has 0 saturated carbocycles. The molecule has 3 N–H and O–H groups in total. The van der Waals surface area contributed by atoms with Gasteiger partial charge in [0.2, 0.25) is 5.91 Å². The summed E-state index contributed by atoms with van der Waals surface area (Å²) in [7, 11) is 0. The maximum Gasteiger partial charge on any atom is 0.416 e. The number of anilines is 1. The van der Waals surface area contributed by atoms with Crippen LogP contribution in [0.1, 0.15) is 17.0 Å². The van der Waals surface area contributed by atoms with Crippen molar-refractivity contribution in [1.82, 2.24) is 5.32 Å². The molecule has 0 aromatic heterocycles. The first-order chi connectivity index (χ1) is 13.1. The summed E-state index contributed by atoms with van der Waals surface area (Å²) in [5.41, 5.74) is -1.43. The fraction of sp³-hybridized carbons (Fsp3) is 0.222. The number of nitrogens with zero attached hydrogens (tertiary/aromatic N) is 1. The first-order valence-corrected chi connectivity index (χ1v) is 8.09. The van der Waals surface area contributed by atoms with Crippen LogP contribution in [0, 0.1) is 17.6 Å². The third-order valence-corrected chi connectivity index (χ3v) is 4.52. The van der Waals surface area contributed by atoms with E-state index in [-0.39, 0.29) is 12.1 Å². The minimum Gasteiger partial charge on any atom is -0.355 e. The number of hydrogen-bond donors (Lipinski definition) is 2. The first-order valence-electron chi connectivity index (χ1n) is 8.09. The number of carbonyl (C=O) groups is 2. The van der Waals surface area contributed by atoms with Gasteiger partial charge in [0.25, 0.3) is 5.91 Å². The van der Waals surface area contributed by atoms with E-state index in [1.165, 1.54) is 6.07 Å². The van der Waals surface area contributed by atoms with Gasteiger partial charge in [-0.1, -0.05) is 24.3 Å². The van der Waals surface area contributed by atoms with Gasteiger partial charge >= 0.3 is 6.18 Å². The van der Waals surface area contributed by atoms with Gasteiger partial charge in [-0.15, -0.1) is 0 Å². The smallest absolute Gasteiger partial charge is 0.355 e. The van der Waals surface area contributed by atoms with E-state index in [0.29, 0.717) is 5.01 Å². The van der Waals surface area contributed by atoms with Gasteiger partial charge in [-0.2, -0.15) is 13.2 Å². The lowest BCUT2D eigenvalue weighted by Gasteiger charge is -2.23. The van der Waals surface area contributed by atoms with E-state index in [2.05, 4.69) is 5.32 Å². The van der Waals surface area contributed by atoms with E-state index in [1.807, 2.05) is 0 Å². The van der Waals surface area contributed by atoms with Crippen LogP contribution in [0.3, 0.4) is 0 Å². The Morgan fingerprint density at radius 3 is 2.50 bits per heavy atom. The molecule has 0 spiro atoms. The van der Waals surface area contributed by atoms with Crippen LogP contribution >= 0.6 is 0 Å². The van der Waals surface area contributed by atoms with Gasteiger partial charge in [0, 0.05) is 12.5 Å². The SMILES string of the molecule is NN(C(=O)C1C(=O)NCC1c1cccc(C(F)(F)F)c1)c1cccc(F)c1F. The molecular formula is C18H14F5N3O2. The third-order valence-electron chi connectivity index (χ3n) is 4.52. The second kappa shape index (κ2) is 7.19. The van der Waals surface area contributed by atoms with Crippen molar-refractivity contribution in [3.63, 3.8) is 0 Å². The fourth-order valence-electron chi connectivity index (χ4n) is 3.11. The van der Waals surface area contributed by atoms with Gasteiger partial charge in [-0.3, -0.25) is 9.59 Å². The van der Waals surface area contributed by atoms with Crippen LogP contribution in [0.2, 0.25) is 0 Å². The standard InChI is InChI=1S/C18H14F5N3O2/c19-12-5-2-6-13(15(12)20)26(24)17(28)14-11(8-25-16(14)27)9-3-1-4-10(7-9)18(21,22)23/h1-7,11,14H,8,24H2,(H,25,27). The highest BCUT2D eigenvalue weighted by molar-refractivity contribution is 6.09. The first kappa shape index (κ1) is 19.7. The summed E-state index contributed by atoms with van der Waals surface area (Å²) < 4.78 is 66.2. The summed E-state index contributed by atoms with van der Waals surface area (Å²) in [5.74, 6) is -1.29. The Kier molecular flexibility index (Phi) is 5.07. The van der Waals surface area contributed by atoms with Gasteiger partial charge in [0.1, 0.15) is 5.92 Å². The average molecular weight is 399 g/mol. The molecule has 2 amide bonds. The number of hydrazine groups is 1. The number of amides is 2. The Hall–Kier alpha value is -3.01. The molecule has 0 radical (unpaired) electrons. The summed E-state index contributed by atoms with van der Waals surface area (Å²) >= 11 is 0. The summed E-state index contributed by atoms with van der Waals surface area (Å²) in [6.45, 7) is -0.101. The maximum atomic E-state index is 13.9. The van der Waals surface area contributed by atoms with Crippen molar-refractivity contribution in [1.29, 1.82) is 0 Å². The quantitative estimate of drug-likeness (QED) is 0.274. The van der Waals surface area contributed by atoms with Gasteiger partial charge in [0.15, 0.2) is 11.6 Å². The molecule has 2 atom stereocenters. The molecule has 2 aromatic carbocycles. The van der Waals surface area contributed by atoms with E-state index < -0.39 is 52.7 Å². The molecule has 1 heterocycles. The monoisotopic (exact) mass is 399 g/mol. The molecular weight excluding hydrogens is 385 g/mol. The second-order valence-electron chi connectivity index (χ2n) is 6.23. The zero-order chi connectivity index (χ0) is 20.6. The molecule has 1 fully saturated rings. The molecule has 1 aliphatic heterocycles. The Labute approximate surface area is 155 Å². The van der Waals surface area contributed by atoms with Crippen LogP contribution in [-0.2, 0) is 15.8 Å². The molecule has 1 aliphatic rings. The number of hydrogen-bond acceptors (Lipinski definition) is 3.